The first kappa shape index (κ1) is 24.7. The largest absolute Gasteiger partial charge is 0.480 e. The molecule has 2 aromatic heterocycles. The van der Waals surface area contributed by atoms with Gasteiger partial charge in [0.25, 0.3) is 0 Å². The summed E-state index contributed by atoms with van der Waals surface area (Å²) in [7, 11) is 3.11. The van der Waals surface area contributed by atoms with Crippen LogP contribution in [0.1, 0.15) is 20.8 Å². The Morgan fingerprint density at radius 1 is 1.03 bits per heavy atom. The van der Waals surface area contributed by atoms with Crippen LogP contribution in [0, 0.1) is 0 Å². The molecule has 10 heteroatoms. The van der Waals surface area contributed by atoms with Gasteiger partial charge in [-0.3, -0.25) is 0 Å². The number of hydrogen-bond donors (Lipinski definition) is 1. The van der Waals surface area contributed by atoms with Crippen LogP contribution < -0.4 is 19.7 Å². The standard InChI is InChI=1S/C25H31FN6O3/c1-25(2,3)28-21-14-32(13-19(21)26)23-9-8-20(29-30-23)18-7-6-16(10-22(18)35-15-33-4)17-11-24(34-5)31-27-12-17/h6-12,19,21,28H,13-15H2,1-5H3/t19-,21+/m1/s1. The Morgan fingerprint density at radius 3 is 2.54 bits per heavy atom. The van der Waals surface area contributed by atoms with E-state index in [1.807, 2.05) is 56.0 Å². The van der Waals surface area contributed by atoms with Gasteiger partial charge in [0.05, 0.1) is 31.6 Å². The highest BCUT2D eigenvalue weighted by Gasteiger charge is 2.35. The summed E-state index contributed by atoms with van der Waals surface area (Å²) in [4.78, 5) is 1.92. The zero-order chi connectivity index (χ0) is 25.0. The third kappa shape index (κ3) is 6.01. The maximum atomic E-state index is 14.6. The Kier molecular flexibility index (Phi) is 7.42. The van der Waals surface area contributed by atoms with Gasteiger partial charge in [0.2, 0.25) is 5.88 Å². The van der Waals surface area contributed by atoms with E-state index in [1.165, 1.54) is 0 Å². The molecule has 35 heavy (non-hydrogen) atoms. The first-order valence-electron chi connectivity index (χ1n) is 11.4. The predicted octanol–water partition coefficient (Wildman–Crippen LogP) is 3.51. The lowest BCUT2D eigenvalue weighted by molar-refractivity contribution is 0.0515. The molecule has 1 N–H and O–H groups in total. The molecule has 0 radical (unpaired) electrons. The molecule has 1 fully saturated rings. The number of benzene rings is 1. The van der Waals surface area contributed by atoms with Crippen molar-refractivity contribution in [1.82, 2.24) is 25.7 Å². The molecule has 0 aliphatic carbocycles. The first-order chi connectivity index (χ1) is 16.8. The van der Waals surface area contributed by atoms with Gasteiger partial charge in [-0.1, -0.05) is 6.07 Å². The van der Waals surface area contributed by atoms with Crippen molar-refractivity contribution in [3.8, 4) is 34.0 Å². The van der Waals surface area contributed by atoms with E-state index in [2.05, 4.69) is 25.7 Å². The molecule has 1 aliphatic heterocycles. The molecule has 0 bridgehead atoms. The van der Waals surface area contributed by atoms with Crippen LogP contribution in [0.5, 0.6) is 11.6 Å². The molecule has 0 saturated carbocycles. The Bertz CT molecular complexity index is 1140. The van der Waals surface area contributed by atoms with Gasteiger partial charge in [-0.15, -0.1) is 15.3 Å². The van der Waals surface area contributed by atoms with E-state index < -0.39 is 6.17 Å². The molecule has 0 unspecified atom stereocenters. The molecule has 1 aromatic carbocycles. The molecule has 4 rings (SSSR count). The van der Waals surface area contributed by atoms with Crippen LogP contribution in [-0.4, -0.2) is 72.2 Å². The number of nitrogens with zero attached hydrogens (tertiary/aromatic N) is 5. The Balaban J connectivity index is 1.57. The second-order valence-corrected chi connectivity index (χ2v) is 9.45. The molecule has 3 aromatic rings. The first-order valence-corrected chi connectivity index (χ1v) is 11.4. The molecule has 0 amide bonds. The van der Waals surface area contributed by atoms with Crippen LogP contribution in [0.2, 0.25) is 0 Å². The monoisotopic (exact) mass is 482 g/mol. The molecule has 9 nitrogen and oxygen atoms in total. The van der Waals surface area contributed by atoms with Crippen molar-refractivity contribution >= 4 is 5.82 Å². The van der Waals surface area contributed by atoms with E-state index >= 15 is 0 Å². The highest BCUT2D eigenvalue weighted by molar-refractivity contribution is 5.74. The number of rotatable bonds is 8. The summed E-state index contributed by atoms with van der Waals surface area (Å²) in [5.41, 5.74) is 2.94. The van der Waals surface area contributed by atoms with Crippen LogP contribution in [0.3, 0.4) is 0 Å². The molecule has 186 valence electrons. The number of hydrogen-bond acceptors (Lipinski definition) is 9. The van der Waals surface area contributed by atoms with Gasteiger partial charge in [0.15, 0.2) is 12.6 Å². The molecule has 0 spiro atoms. The van der Waals surface area contributed by atoms with Crippen molar-refractivity contribution < 1.29 is 18.6 Å². The predicted molar refractivity (Wildman–Crippen MR) is 131 cm³/mol. The van der Waals surface area contributed by atoms with E-state index in [0.717, 1.165) is 16.7 Å². The van der Waals surface area contributed by atoms with Crippen LogP contribution in [0.4, 0.5) is 10.2 Å². The summed E-state index contributed by atoms with van der Waals surface area (Å²) >= 11 is 0. The van der Waals surface area contributed by atoms with Gasteiger partial charge >= 0.3 is 0 Å². The van der Waals surface area contributed by atoms with Crippen LogP contribution in [0.15, 0.2) is 42.6 Å². The van der Waals surface area contributed by atoms with Crippen molar-refractivity contribution in [1.29, 1.82) is 0 Å². The summed E-state index contributed by atoms with van der Waals surface area (Å²) in [6.07, 6.45) is 0.681. The third-order valence-electron chi connectivity index (χ3n) is 5.61. The highest BCUT2D eigenvalue weighted by Crippen LogP contribution is 2.34. The number of aromatic nitrogens is 4. The van der Waals surface area contributed by atoms with Crippen molar-refractivity contribution in [2.45, 2.75) is 38.5 Å². The normalized spacial score (nSPS) is 18.1. The molecule has 1 saturated heterocycles. The van der Waals surface area contributed by atoms with Gasteiger partial charge in [-0.25, -0.2) is 4.39 Å². The average Bonchev–Trinajstić information content (AvgIpc) is 3.21. The zero-order valence-corrected chi connectivity index (χ0v) is 20.7. The average molecular weight is 483 g/mol. The summed E-state index contributed by atoms with van der Waals surface area (Å²) in [5, 5.41) is 20.1. The highest BCUT2D eigenvalue weighted by atomic mass is 19.1. The Hall–Kier alpha value is -3.37. The van der Waals surface area contributed by atoms with Gasteiger partial charge in [-0.05, 0) is 50.6 Å². The number of methoxy groups -OCH3 is 2. The fourth-order valence-corrected chi connectivity index (χ4v) is 4.04. The van der Waals surface area contributed by atoms with E-state index in [-0.39, 0.29) is 24.9 Å². The number of anilines is 1. The van der Waals surface area contributed by atoms with E-state index in [4.69, 9.17) is 14.2 Å². The summed E-state index contributed by atoms with van der Waals surface area (Å²) in [6, 6.07) is 11.0. The lowest BCUT2D eigenvalue weighted by Crippen LogP contribution is -2.48. The SMILES string of the molecule is COCOc1cc(-c2cnnc(OC)c2)ccc1-c1ccc(N2C[C@@H](F)[C@@H](NC(C)(C)C)C2)nn1. The number of ether oxygens (including phenoxy) is 3. The minimum absolute atomic E-state index is 0.0771. The van der Waals surface area contributed by atoms with Crippen LogP contribution in [0.25, 0.3) is 22.4 Å². The molecule has 2 atom stereocenters. The van der Waals surface area contributed by atoms with Crippen molar-refractivity contribution in [2.24, 2.45) is 0 Å². The van der Waals surface area contributed by atoms with Gasteiger partial charge in [0, 0.05) is 36.4 Å². The Labute approximate surface area is 204 Å². The molecule has 3 heterocycles. The molecule has 1 aliphatic rings. The second kappa shape index (κ2) is 10.5. The zero-order valence-electron chi connectivity index (χ0n) is 20.7. The van der Waals surface area contributed by atoms with Crippen LogP contribution >= 0.6 is 0 Å². The van der Waals surface area contributed by atoms with Gasteiger partial charge < -0.3 is 24.4 Å². The third-order valence-corrected chi connectivity index (χ3v) is 5.61. The molecular formula is C25H31FN6O3. The number of halogens is 1. The van der Waals surface area contributed by atoms with E-state index in [9.17, 15) is 4.39 Å². The fourth-order valence-electron chi connectivity index (χ4n) is 4.04. The van der Waals surface area contributed by atoms with E-state index in [1.54, 1.807) is 26.5 Å². The maximum Gasteiger partial charge on any atom is 0.233 e. The second-order valence-electron chi connectivity index (χ2n) is 9.45. The lowest BCUT2D eigenvalue weighted by atomic mass is 10.0. The summed E-state index contributed by atoms with van der Waals surface area (Å²) in [6.45, 7) is 7.00. The number of alkyl halides is 1. The fraction of sp³-hybridized carbons (Fsp3) is 0.440. The smallest absolute Gasteiger partial charge is 0.233 e. The van der Waals surface area contributed by atoms with Crippen molar-refractivity contribution in [2.75, 3.05) is 39.0 Å². The lowest BCUT2D eigenvalue weighted by Gasteiger charge is -2.26. The topological polar surface area (TPSA) is 94.5 Å². The minimum Gasteiger partial charge on any atom is -0.480 e. The van der Waals surface area contributed by atoms with Gasteiger partial charge in [0.1, 0.15) is 11.9 Å². The van der Waals surface area contributed by atoms with Crippen molar-refractivity contribution in [3.63, 3.8) is 0 Å². The quantitative estimate of drug-likeness (QED) is 0.484. The minimum atomic E-state index is -0.974. The Morgan fingerprint density at radius 2 is 1.86 bits per heavy atom. The van der Waals surface area contributed by atoms with Crippen LogP contribution in [-0.2, 0) is 4.74 Å². The van der Waals surface area contributed by atoms with Gasteiger partial charge in [-0.2, -0.15) is 5.10 Å². The molecular weight excluding hydrogens is 451 g/mol. The summed E-state index contributed by atoms with van der Waals surface area (Å²) < 4.78 is 30.7. The maximum absolute atomic E-state index is 14.6. The van der Waals surface area contributed by atoms with Crippen molar-refractivity contribution in [3.05, 3.63) is 42.6 Å². The number of nitrogens with one attached hydrogen (secondary N) is 1. The summed E-state index contributed by atoms with van der Waals surface area (Å²) in [5.74, 6) is 1.65. The van der Waals surface area contributed by atoms with E-state index in [0.29, 0.717) is 29.7 Å².